The number of imidazole rings is 1. The Hall–Kier alpha value is -4.35. The third-order valence-electron chi connectivity index (χ3n) is 7.68. The molecule has 2 aromatic rings. The highest BCUT2D eigenvalue weighted by atomic mass is 16.6. The maximum atomic E-state index is 13.9. The first-order valence-corrected chi connectivity index (χ1v) is 15.4. The van der Waals surface area contributed by atoms with Gasteiger partial charge >= 0.3 is 6.09 Å². The van der Waals surface area contributed by atoms with Crippen LogP contribution in [0, 0.1) is 5.92 Å². The van der Waals surface area contributed by atoms with Crippen LogP contribution in [0.15, 0.2) is 60.1 Å². The molecule has 3 amide bonds. The number of amides is 3. The fourth-order valence-corrected chi connectivity index (χ4v) is 5.44. The second-order valence-corrected chi connectivity index (χ2v) is 12.6. The topological polar surface area (TPSA) is 194 Å². The molecule has 244 valence electrons. The Morgan fingerprint density at radius 1 is 1.09 bits per heavy atom. The summed E-state index contributed by atoms with van der Waals surface area (Å²) in [6.45, 7) is 8.95. The van der Waals surface area contributed by atoms with Crippen LogP contribution >= 0.6 is 0 Å². The van der Waals surface area contributed by atoms with Crippen LogP contribution in [0.3, 0.4) is 0 Å². The first-order valence-electron chi connectivity index (χ1n) is 15.4. The van der Waals surface area contributed by atoms with Gasteiger partial charge in [0.2, 0.25) is 11.8 Å². The fraction of sp³-hybridized carbons (Fsp3) is 0.562. The van der Waals surface area contributed by atoms with Gasteiger partial charge in [-0.05, 0) is 49.8 Å². The van der Waals surface area contributed by atoms with Crippen molar-refractivity contribution in [2.45, 2.75) is 102 Å². The molecule has 13 heteroatoms. The predicted octanol–water partition coefficient (Wildman–Crippen LogP) is 4.26. The molecule has 0 saturated heterocycles. The van der Waals surface area contributed by atoms with Gasteiger partial charge in [0.05, 0.1) is 18.5 Å². The number of hydrogen-bond acceptors (Lipinski definition) is 7. The molecule has 1 aliphatic rings. The van der Waals surface area contributed by atoms with Crippen LogP contribution in [0.2, 0.25) is 0 Å². The van der Waals surface area contributed by atoms with E-state index in [0.717, 1.165) is 37.7 Å². The number of aromatic amines is 1. The Morgan fingerprint density at radius 2 is 1.76 bits per heavy atom. The molecule has 1 heterocycles. The molecule has 1 saturated carbocycles. The number of aliphatic hydroxyl groups excluding tert-OH is 1. The van der Waals surface area contributed by atoms with Gasteiger partial charge in [-0.1, -0.05) is 74.1 Å². The lowest BCUT2D eigenvalue weighted by molar-refractivity contribution is -0.130. The van der Waals surface area contributed by atoms with E-state index in [0.29, 0.717) is 18.0 Å². The van der Waals surface area contributed by atoms with Crippen LogP contribution in [0.25, 0.3) is 10.4 Å². The van der Waals surface area contributed by atoms with E-state index in [1.54, 1.807) is 27.0 Å². The minimum atomic E-state index is -1.16. The molecule has 0 aliphatic heterocycles. The highest BCUT2D eigenvalue weighted by Crippen LogP contribution is 2.29. The van der Waals surface area contributed by atoms with Gasteiger partial charge in [0.15, 0.2) is 0 Å². The second kappa shape index (κ2) is 17.2. The van der Waals surface area contributed by atoms with Crippen molar-refractivity contribution in [1.82, 2.24) is 25.9 Å². The minimum Gasteiger partial charge on any atom is -0.444 e. The van der Waals surface area contributed by atoms with Crippen molar-refractivity contribution in [3.05, 3.63) is 76.7 Å². The van der Waals surface area contributed by atoms with Crippen LogP contribution in [0.5, 0.6) is 0 Å². The smallest absolute Gasteiger partial charge is 0.408 e. The highest BCUT2D eigenvalue weighted by Gasteiger charge is 2.33. The number of H-pyrrole nitrogens is 1. The van der Waals surface area contributed by atoms with Gasteiger partial charge in [-0.15, -0.1) is 0 Å². The molecular weight excluding hydrogens is 576 g/mol. The average Bonchev–Trinajstić information content (AvgIpc) is 3.51. The minimum absolute atomic E-state index is 0.0774. The molecule has 1 aromatic heterocycles. The number of rotatable bonds is 15. The number of nitrogens with zero attached hydrogens (tertiary/aromatic N) is 4. The number of ether oxygens (including phenoxy) is 1. The summed E-state index contributed by atoms with van der Waals surface area (Å²) in [5.74, 6) is -0.813. The van der Waals surface area contributed by atoms with Crippen molar-refractivity contribution in [3.63, 3.8) is 0 Å². The third-order valence-corrected chi connectivity index (χ3v) is 7.68. The molecule has 1 aliphatic carbocycles. The van der Waals surface area contributed by atoms with Crippen LogP contribution in [0.1, 0.15) is 70.6 Å². The summed E-state index contributed by atoms with van der Waals surface area (Å²) < 4.78 is 5.41. The van der Waals surface area contributed by atoms with E-state index >= 15 is 0 Å². The molecule has 3 rings (SSSR count). The van der Waals surface area contributed by atoms with Gasteiger partial charge in [-0.25, -0.2) is 9.78 Å². The van der Waals surface area contributed by atoms with Gasteiger partial charge in [-0.3, -0.25) is 9.59 Å². The zero-order valence-corrected chi connectivity index (χ0v) is 26.4. The number of hydrogen-bond donors (Lipinski definition) is 5. The molecule has 5 N–H and O–H groups in total. The van der Waals surface area contributed by atoms with E-state index in [4.69, 9.17) is 10.3 Å². The first kappa shape index (κ1) is 35.1. The third kappa shape index (κ3) is 12.3. The molecule has 45 heavy (non-hydrogen) atoms. The Morgan fingerprint density at radius 3 is 2.38 bits per heavy atom. The van der Waals surface area contributed by atoms with E-state index < -0.39 is 47.7 Å². The Labute approximate surface area is 264 Å². The quantitative estimate of drug-likeness (QED) is 0.0852. The summed E-state index contributed by atoms with van der Waals surface area (Å²) in [6, 6.07) is 6.35. The van der Waals surface area contributed by atoms with Crippen LogP contribution in [0.4, 0.5) is 4.79 Å². The zero-order valence-electron chi connectivity index (χ0n) is 26.4. The molecular formula is C32H46N8O5. The Bertz CT molecular complexity index is 1300. The number of azide groups is 1. The number of nitrogens with one attached hydrogen (secondary N) is 4. The lowest BCUT2D eigenvalue weighted by atomic mass is 9.82. The summed E-state index contributed by atoms with van der Waals surface area (Å²) in [6.07, 6.45) is 7.12. The lowest BCUT2D eigenvalue weighted by Gasteiger charge is -2.32. The van der Waals surface area contributed by atoms with E-state index in [2.05, 4.69) is 42.5 Å². The number of benzene rings is 1. The van der Waals surface area contributed by atoms with Crippen molar-refractivity contribution in [2.24, 2.45) is 11.0 Å². The SMILES string of the molecule is C=C(CN=[N+]=[N-])[C@@H](O)[C@@H](CC1CCCCC1)NC(=O)[C@H](Cc1cnc[nH]1)NC(=O)[C@H](Cc1ccccc1)NC(=O)OC(C)(C)C. The summed E-state index contributed by atoms with van der Waals surface area (Å²) in [4.78, 5) is 50.1. The Balaban J connectivity index is 1.84. The molecule has 13 nitrogen and oxygen atoms in total. The maximum absolute atomic E-state index is 13.9. The van der Waals surface area contributed by atoms with Crippen LogP contribution in [-0.2, 0) is 27.2 Å². The largest absolute Gasteiger partial charge is 0.444 e. The van der Waals surface area contributed by atoms with Crippen LogP contribution in [-0.4, -0.2) is 69.4 Å². The fourth-order valence-electron chi connectivity index (χ4n) is 5.44. The number of aliphatic hydroxyl groups is 1. The highest BCUT2D eigenvalue weighted by molar-refractivity contribution is 5.91. The number of carbonyl (C=O) groups is 3. The Kier molecular flexibility index (Phi) is 13.4. The normalized spacial score (nSPS) is 16.3. The second-order valence-electron chi connectivity index (χ2n) is 12.6. The maximum Gasteiger partial charge on any atom is 0.408 e. The summed E-state index contributed by atoms with van der Waals surface area (Å²) in [5.41, 5.74) is 9.66. The molecule has 1 fully saturated rings. The van der Waals surface area contributed by atoms with E-state index in [-0.39, 0.29) is 25.0 Å². The molecule has 1 aromatic carbocycles. The van der Waals surface area contributed by atoms with Gasteiger partial charge in [0, 0.05) is 36.2 Å². The molecule has 0 bridgehead atoms. The van der Waals surface area contributed by atoms with E-state index in [1.165, 1.54) is 6.33 Å². The van der Waals surface area contributed by atoms with Crippen LogP contribution < -0.4 is 16.0 Å². The van der Waals surface area contributed by atoms with Crippen molar-refractivity contribution < 1.29 is 24.2 Å². The lowest BCUT2D eigenvalue weighted by Crippen LogP contribution is -2.57. The van der Waals surface area contributed by atoms with Gasteiger partial charge in [0.25, 0.3) is 0 Å². The van der Waals surface area contributed by atoms with Crippen molar-refractivity contribution in [1.29, 1.82) is 0 Å². The monoisotopic (exact) mass is 622 g/mol. The molecule has 0 radical (unpaired) electrons. The summed E-state index contributed by atoms with van der Waals surface area (Å²) >= 11 is 0. The van der Waals surface area contributed by atoms with Gasteiger partial charge in [0.1, 0.15) is 17.7 Å². The number of carbonyl (C=O) groups excluding carboxylic acids is 3. The molecule has 0 spiro atoms. The summed E-state index contributed by atoms with van der Waals surface area (Å²) in [7, 11) is 0. The number of alkyl carbamates (subject to hydrolysis) is 1. The molecule has 4 atom stereocenters. The number of aromatic nitrogens is 2. The molecule has 0 unspecified atom stereocenters. The van der Waals surface area contributed by atoms with Crippen molar-refractivity contribution in [3.8, 4) is 0 Å². The summed E-state index contributed by atoms with van der Waals surface area (Å²) in [5, 5.41) is 23.1. The predicted molar refractivity (Wildman–Crippen MR) is 170 cm³/mol. The first-order chi connectivity index (χ1) is 21.4. The zero-order chi connectivity index (χ0) is 32.8. The van der Waals surface area contributed by atoms with Crippen molar-refractivity contribution >= 4 is 17.9 Å². The van der Waals surface area contributed by atoms with E-state index in [1.807, 2.05) is 30.3 Å². The standard InChI is InChI=1S/C32H46N8O5/c1-21(18-36-40-33)28(41)25(15-22-11-7-5-8-12-22)37-30(43)27(17-24-19-34-20-35-24)38-29(42)26(16-23-13-9-6-10-14-23)39-31(44)45-32(2,3)4/h6,9-10,13-14,19-20,22,25-28,41H,1,5,7-8,11-12,15-18H2,2-4H3,(H,34,35)(H,37,43)(H,38,42)(H,39,44)/t25-,26+,27+,28-/m1/s1. The van der Waals surface area contributed by atoms with Gasteiger partial charge in [-0.2, -0.15) is 0 Å². The average molecular weight is 623 g/mol. The van der Waals surface area contributed by atoms with E-state index in [9.17, 15) is 19.5 Å². The van der Waals surface area contributed by atoms with Gasteiger partial charge < -0.3 is 30.8 Å². The van der Waals surface area contributed by atoms with Crippen molar-refractivity contribution in [2.75, 3.05) is 6.54 Å².